The summed E-state index contributed by atoms with van der Waals surface area (Å²) >= 11 is 0. The molecule has 5 atom stereocenters. The molecular weight excluding hydrogens is 336 g/mol. The van der Waals surface area contributed by atoms with Gasteiger partial charge < -0.3 is 29.9 Å². The molecule has 4 rings (SSSR count). The Labute approximate surface area is 151 Å². The standard InChI is InChI=1S/C20H22O6/c21-9-16-17(22)18(23)19(24)20(26-16)25-10-15-13-7-3-1-5-11(13)12-6-2-4-8-14(12)15/h1-8,15-24H,9-10H2/t16-,17-,18+,19-,20-/m1/s1. The quantitative estimate of drug-likeness (QED) is 0.639. The summed E-state index contributed by atoms with van der Waals surface area (Å²) in [5, 5.41) is 39.2. The fourth-order valence-corrected chi connectivity index (χ4v) is 3.84. The van der Waals surface area contributed by atoms with E-state index in [1.165, 1.54) is 0 Å². The average molecular weight is 358 g/mol. The van der Waals surface area contributed by atoms with Gasteiger partial charge in [-0.3, -0.25) is 0 Å². The van der Waals surface area contributed by atoms with Gasteiger partial charge in [-0.2, -0.15) is 0 Å². The second-order valence-electron chi connectivity index (χ2n) is 6.76. The van der Waals surface area contributed by atoms with Gasteiger partial charge in [-0.05, 0) is 22.3 Å². The van der Waals surface area contributed by atoms with Gasteiger partial charge in [0, 0.05) is 5.92 Å². The average Bonchev–Trinajstić information content (AvgIpc) is 3.00. The van der Waals surface area contributed by atoms with Gasteiger partial charge in [-0.25, -0.2) is 0 Å². The van der Waals surface area contributed by atoms with Gasteiger partial charge in [0.15, 0.2) is 6.29 Å². The zero-order valence-corrected chi connectivity index (χ0v) is 14.1. The molecule has 0 aromatic heterocycles. The van der Waals surface area contributed by atoms with Gasteiger partial charge in [-0.1, -0.05) is 48.5 Å². The molecule has 2 aliphatic rings. The maximum Gasteiger partial charge on any atom is 0.186 e. The van der Waals surface area contributed by atoms with Crippen molar-refractivity contribution in [2.24, 2.45) is 0 Å². The lowest BCUT2D eigenvalue weighted by atomic mass is 9.97. The van der Waals surface area contributed by atoms with E-state index in [-0.39, 0.29) is 12.5 Å². The molecule has 0 radical (unpaired) electrons. The predicted octanol–water partition coefficient (Wildman–Crippen LogP) is 0.615. The summed E-state index contributed by atoms with van der Waals surface area (Å²) in [5.41, 5.74) is 4.59. The van der Waals surface area contributed by atoms with E-state index in [2.05, 4.69) is 24.3 Å². The van der Waals surface area contributed by atoms with Gasteiger partial charge in [0.05, 0.1) is 13.2 Å². The van der Waals surface area contributed by atoms with Crippen LogP contribution in [0.5, 0.6) is 0 Å². The van der Waals surface area contributed by atoms with Crippen molar-refractivity contribution in [3.05, 3.63) is 59.7 Å². The number of fused-ring (bicyclic) bond motifs is 3. The molecule has 2 aromatic carbocycles. The van der Waals surface area contributed by atoms with Gasteiger partial charge in [0.2, 0.25) is 0 Å². The summed E-state index contributed by atoms with van der Waals surface area (Å²) in [4.78, 5) is 0. The molecule has 0 unspecified atom stereocenters. The molecule has 1 saturated heterocycles. The maximum absolute atomic E-state index is 10.1. The van der Waals surface area contributed by atoms with Crippen LogP contribution in [0.1, 0.15) is 17.0 Å². The van der Waals surface area contributed by atoms with Crippen LogP contribution in [0.2, 0.25) is 0 Å². The van der Waals surface area contributed by atoms with Crippen molar-refractivity contribution in [1.29, 1.82) is 0 Å². The summed E-state index contributed by atoms with van der Waals surface area (Å²) in [5.74, 6) is -0.0187. The van der Waals surface area contributed by atoms with Crippen molar-refractivity contribution in [3.8, 4) is 11.1 Å². The molecule has 0 saturated carbocycles. The van der Waals surface area contributed by atoms with Gasteiger partial charge in [0.25, 0.3) is 0 Å². The third-order valence-electron chi connectivity index (χ3n) is 5.24. The van der Waals surface area contributed by atoms with Gasteiger partial charge in [0.1, 0.15) is 24.4 Å². The first-order valence-electron chi connectivity index (χ1n) is 8.72. The second kappa shape index (κ2) is 7.08. The number of ether oxygens (including phenoxy) is 2. The Morgan fingerprint density at radius 3 is 1.96 bits per heavy atom. The summed E-state index contributed by atoms with van der Waals surface area (Å²) in [6.45, 7) is -0.226. The largest absolute Gasteiger partial charge is 0.394 e. The van der Waals surface area contributed by atoms with E-state index in [0.717, 1.165) is 22.3 Å². The highest BCUT2D eigenvalue weighted by molar-refractivity contribution is 5.78. The highest BCUT2D eigenvalue weighted by Gasteiger charge is 2.44. The third-order valence-corrected chi connectivity index (χ3v) is 5.24. The summed E-state index contributed by atoms with van der Waals surface area (Å²) in [7, 11) is 0. The monoisotopic (exact) mass is 358 g/mol. The molecule has 2 aromatic rings. The lowest BCUT2D eigenvalue weighted by Gasteiger charge is -2.39. The van der Waals surface area contributed by atoms with Crippen molar-refractivity contribution >= 4 is 0 Å². The number of benzene rings is 2. The lowest BCUT2D eigenvalue weighted by molar-refractivity contribution is -0.301. The fourth-order valence-electron chi connectivity index (χ4n) is 3.84. The van der Waals surface area contributed by atoms with Crippen LogP contribution in [0.25, 0.3) is 11.1 Å². The number of rotatable bonds is 4. The van der Waals surface area contributed by atoms with Gasteiger partial charge in [-0.15, -0.1) is 0 Å². The van der Waals surface area contributed by atoms with Crippen molar-refractivity contribution in [2.45, 2.75) is 36.6 Å². The van der Waals surface area contributed by atoms with Crippen LogP contribution in [0.3, 0.4) is 0 Å². The number of aliphatic hydroxyl groups excluding tert-OH is 4. The van der Waals surface area contributed by atoms with Crippen LogP contribution in [-0.2, 0) is 9.47 Å². The topological polar surface area (TPSA) is 99.4 Å². The maximum atomic E-state index is 10.1. The first kappa shape index (κ1) is 17.6. The van der Waals surface area contributed by atoms with Crippen LogP contribution in [0, 0.1) is 0 Å². The molecule has 0 bridgehead atoms. The van der Waals surface area contributed by atoms with Crippen molar-refractivity contribution in [1.82, 2.24) is 0 Å². The highest BCUT2D eigenvalue weighted by atomic mass is 16.7. The minimum absolute atomic E-state index is 0.0187. The Hall–Kier alpha value is -1.80. The minimum Gasteiger partial charge on any atom is -0.394 e. The molecule has 6 heteroatoms. The number of hydrogen-bond acceptors (Lipinski definition) is 6. The smallest absolute Gasteiger partial charge is 0.186 e. The Bertz CT molecular complexity index is 731. The summed E-state index contributed by atoms with van der Waals surface area (Å²) < 4.78 is 11.2. The number of hydrogen-bond donors (Lipinski definition) is 4. The third kappa shape index (κ3) is 2.85. The molecule has 0 amide bonds. The fraction of sp³-hybridized carbons (Fsp3) is 0.400. The molecule has 138 valence electrons. The first-order chi connectivity index (χ1) is 12.6. The molecule has 1 fully saturated rings. The number of aliphatic hydroxyl groups is 4. The lowest BCUT2D eigenvalue weighted by Crippen LogP contribution is -2.59. The second-order valence-corrected chi connectivity index (χ2v) is 6.76. The first-order valence-corrected chi connectivity index (χ1v) is 8.72. The van der Waals surface area contributed by atoms with Crippen molar-refractivity contribution in [2.75, 3.05) is 13.2 Å². The van der Waals surface area contributed by atoms with E-state index >= 15 is 0 Å². The molecular formula is C20H22O6. The molecule has 26 heavy (non-hydrogen) atoms. The molecule has 4 N–H and O–H groups in total. The molecule has 0 spiro atoms. The van der Waals surface area contributed by atoms with Gasteiger partial charge >= 0.3 is 0 Å². The van der Waals surface area contributed by atoms with E-state index in [0.29, 0.717) is 0 Å². The van der Waals surface area contributed by atoms with Crippen LogP contribution < -0.4 is 0 Å². The molecule has 1 heterocycles. The van der Waals surface area contributed by atoms with Crippen LogP contribution in [0.4, 0.5) is 0 Å². The van der Waals surface area contributed by atoms with Crippen LogP contribution in [0.15, 0.2) is 48.5 Å². The Kier molecular flexibility index (Phi) is 4.79. The SMILES string of the molecule is OC[C@H]1O[C@@H](OCC2c3ccccc3-c3ccccc32)[C@H](O)[C@@H](O)[C@@H]1O. The predicted molar refractivity (Wildman–Crippen MR) is 93.4 cm³/mol. The normalized spacial score (nSPS) is 30.8. The zero-order chi connectivity index (χ0) is 18.3. The van der Waals surface area contributed by atoms with E-state index in [1.54, 1.807) is 0 Å². The Balaban J connectivity index is 1.55. The van der Waals surface area contributed by atoms with Crippen molar-refractivity contribution < 1.29 is 29.9 Å². The Morgan fingerprint density at radius 2 is 1.38 bits per heavy atom. The van der Waals surface area contributed by atoms with E-state index < -0.39 is 37.3 Å². The summed E-state index contributed by atoms with van der Waals surface area (Å²) in [6, 6.07) is 16.2. The molecule has 1 aliphatic carbocycles. The highest BCUT2D eigenvalue weighted by Crippen LogP contribution is 2.44. The van der Waals surface area contributed by atoms with Crippen LogP contribution >= 0.6 is 0 Å². The Morgan fingerprint density at radius 1 is 0.808 bits per heavy atom. The molecule has 6 nitrogen and oxygen atoms in total. The van der Waals surface area contributed by atoms with Crippen molar-refractivity contribution in [3.63, 3.8) is 0 Å². The summed E-state index contributed by atoms with van der Waals surface area (Å²) in [6.07, 6.45) is -6.30. The van der Waals surface area contributed by atoms with E-state index in [9.17, 15) is 20.4 Å². The minimum atomic E-state index is -1.44. The van der Waals surface area contributed by atoms with Crippen LogP contribution in [-0.4, -0.2) is 64.3 Å². The molecule has 1 aliphatic heterocycles. The van der Waals surface area contributed by atoms with E-state index in [1.807, 2.05) is 24.3 Å². The van der Waals surface area contributed by atoms with E-state index in [4.69, 9.17) is 9.47 Å². The zero-order valence-electron chi connectivity index (χ0n) is 14.1.